The fourth-order valence-corrected chi connectivity index (χ4v) is 2.79. The molecular weight excluding hydrogens is 321 g/mol. The molecule has 0 spiro atoms. The first-order valence-corrected chi connectivity index (χ1v) is 8.17. The van der Waals surface area contributed by atoms with Crippen molar-refractivity contribution < 1.29 is 22.7 Å². The number of nitrogens with zero attached hydrogens (tertiary/aromatic N) is 1. The molecule has 1 fully saturated rings. The number of hydrogen-bond acceptors (Lipinski definition) is 3. The average molecular weight is 344 g/mol. The Bertz CT molecular complexity index is 555. The summed E-state index contributed by atoms with van der Waals surface area (Å²) in [6, 6.07) is 3.55. The second-order valence-corrected chi connectivity index (χ2v) is 5.92. The van der Waals surface area contributed by atoms with E-state index in [9.17, 15) is 18.0 Å². The minimum Gasteiger partial charge on any atom is -0.385 e. The van der Waals surface area contributed by atoms with Gasteiger partial charge < -0.3 is 15.0 Å². The van der Waals surface area contributed by atoms with Crippen LogP contribution in [0.3, 0.4) is 0 Å². The van der Waals surface area contributed by atoms with Gasteiger partial charge in [0.15, 0.2) is 0 Å². The number of carbonyl (C=O) groups is 1. The summed E-state index contributed by atoms with van der Waals surface area (Å²) < 4.78 is 43.8. The number of benzene rings is 1. The number of halogens is 3. The maximum Gasteiger partial charge on any atom is 0.416 e. The molecule has 0 unspecified atom stereocenters. The Morgan fingerprint density at radius 3 is 2.58 bits per heavy atom. The second-order valence-electron chi connectivity index (χ2n) is 5.92. The predicted octanol–water partition coefficient (Wildman–Crippen LogP) is 4.06. The Labute approximate surface area is 140 Å². The molecule has 0 saturated carbocycles. The normalized spacial score (nSPS) is 14.9. The molecule has 1 N–H and O–H groups in total. The maximum atomic E-state index is 13.0. The van der Waals surface area contributed by atoms with Crippen molar-refractivity contribution in [1.29, 1.82) is 0 Å². The molecule has 7 heteroatoms. The third kappa shape index (κ3) is 5.12. The zero-order valence-electron chi connectivity index (χ0n) is 13.8. The van der Waals surface area contributed by atoms with Crippen LogP contribution in [0.5, 0.6) is 0 Å². The summed E-state index contributed by atoms with van der Waals surface area (Å²) in [6.07, 6.45) is -0.777. The maximum absolute atomic E-state index is 13.0. The molecule has 0 bridgehead atoms. The molecule has 0 aromatic heterocycles. The van der Waals surface area contributed by atoms with Gasteiger partial charge in [0.05, 0.1) is 16.9 Å². The fourth-order valence-electron chi connectivity index (χ4n) is 2.79. The van der Waals surface area contributed by atoms with Gasteiger partial charge in [0, 0.05) is 33.2 Å². The van der Waals surface area contributed by atoms with E-state index in [1.165, 1.54) is 6.07 Å². The summed E-state index contributed by atoms with van der Waals surface area (Å²) >= 11 is 0. The van der Waals surface area contributed by atoms with Crippen LogP contribution in [0.1, 0.15) is 37.7 Å². The van der Waals surface area contributed by atoms with Gasteiger partial charge in [-0.1, -0.05) is 0 Å². The molecular formula is C17H23F3N2O2. The number of alkyl halides is 3. The molecule has 2 rings (SSSR count). The number of ether oxygens (including phenoxy) is 1. The van der Waals surface area contributed by atoms with Gasteiger partial charge >= 0.3 is 6.18 Å². The van der Waals surface area contributed by atoms with Crippen molar-refractivity contribution in [3.05, 3.63) is 23.8 Å². The Balaban J connectivity index is 2.12. The lowest BCUT2D eigenvalue weighted by molar-refractivity contribution is -0.137. The molecule has 1 amide bonds. The Morgan fingerprint density at radius 2 is 1.96 bits per heavy atom. The van der Waals surface area contributed by atoms with E-state index >= 15 is 0 Å². The highest BCUT2D eigenvalue weighted by Crippen LogP contribution is 2.36. The predicted molar refractivity (Wildman–Crippen MR) is 87.2 cm³/mol. The summed E-state index contributed by atoms with van der Waals surface area (Å²) in [4.78, 5) is 14.1. The first-order valence-electron chi connectivity index (χ1n) is 8.17. The monoisotopic (exact) mass is 344 g/mol. The van der Waals surface area contributed by atoms with Crippen LogP contribution >= 0.6 is 0 Å². The first kappa shape index (κ1) is 18.6. The van der Waals surface area contributed by atoms with E-state index in [4.69, 9.17) is 4.74 Å². The van der Waals surface area contributed by atoms with Crippen LogP contribution in [-0.2, 0) is 15.7 Å². The van der Waals surface area contributed by atoms with Crippen LogP contribution in [0.4, 0.5) is 24.5 Å². The summed E-state index contributed by atoms with van der Waals surface area (Å²) in [6.45, 7) is 2.15. The van der Waals surface area contributed by atoms with Gasteiger partial charge in [-0.3, -0.25) is 4.79 Å². The highest BCUT2D eigenvalue weighted by molar-refractivity contribution is 5.94. The van der Waals surface area contributed by atoms with Crippen LogP contribution in [-0.4, -0.2) is 32.7 Å². The molecule has 1 aromatic carbocycles. The second kappa shape index (κ2) is 8.37. The molecule has 0 radical (unpaired) electrons. The minimum absolute atomic E-state index is 0.239. The van der Waals surface area contributed by atoms with Crippen LogP contribution in [0, 0.1) is 0 Å². The highest BCUT2D eigenvalue weighted by Gasteiger charge is 2.31. The number of amides is 1. The van der Waals surface area contributed by atoms with Crippen LogP contribution in [0.2, 0.25) is 0 Å². The quantitative estimate of drug-likeness (QED) is 0.759. The molecule has 24 heavy (non-hydrogen) atoms. The van der Waals surface area contributed by atoms with Crippen molar-refractivity contribution in [2.45, 2.75) is 38.3 Å². The standard InChI is InChI=1S/C17H23F3N2O2/c1-24-11-5-2-6-16(23)21-14-12-13(17(18,19)20)7-8-15(14)22-9-3-4-10-22/h7-8,12H,2-6,9-11H2,1H3,(H,21,23). The van der Waals surface area contributed by atoms with Crippen LogP contribution in [0.25, 0.3) is 0 Å². The largest absolute Gasteiger partial charge is 0.416 e. The van der Waals surface area contributed by atoms with Crippen LogP contribution < -0.4 is 10.2 Å². The highest BCUT2D eigenvalue weighted by atomic mass is 19.4. The molecule has 0 atom stereocenters. The minimum atomic E-state index is -4.43. The molecule has 1 heterocycles. The number of anilines is 2. The van der Waals surface area contributed by atoms with E-state index in [0.29, 0.717) is 18.7 Å². The summed E-state index contributed by atoms with van der Waals surface area (Å²) in [7, 11) is 1.59. The van der Waals surface area contributed by atoms with E-state index in [-0.39, 0.29) is 18.0 Å². The van der Waals surface area contributed by atoms with Crippen molar-refractivity contribution in [3.8, 4) is 0 Å². The van der Waals surface area contributed by atoms with E-state index < -0.39 is 11.7 Å². The molecule has 1 saturated heterocycles. The third-order valence-corrected chi connectivity index (χ3v) is 4.05. The average Bonchev–Trinajstić information content (AvgIpc) is 3.05. The molecule has 0 aliphatic carbocycles. The van der Waals surface area contributed by atoms with Gasteiger partial charge in [0.25, 0.3) is 0 Å². The lowest BCUT2D eigenvalue weighted by Gasteiger charge is -2.23. The molecule has 1 aromatic rings. The summed E-state index contributed by atoms with van der Waals surface area (Å²) in [5.74, 6) is -0.272. The van der Waals surface area contributed by atoms with Crippen molar-refractivity contribution in [2.75, 3.05) is 37.0 Å². The number of nitrogens with one attached hydrogen (secondary N) is 1. The molecule has 1 aliphatic rings. The van der Waals surface area contributed by atoms with E-state index in [2.05, 4.69) is 5.32 Å². The van der Waals surface area contributed by atoms with Crippen molar-refractivity contribution in [1.82, 2.24) is 0 Å². The van der Waals surface area contributed by atoms with Gasteiger partial charge in [0.1, 0.15) is 0 Å². The van der Waals surface area contributed by atoms with Gasteiger partial charge in [-0.2, -0.15) is 13.2 Å². The Hall–Kier alpha value is -1.76. The summed E-state index contributed by atoms with van der Waals surface area (Å²) in [5, 5.41) is 2.66. The lowest BCUT2D eigenvalue weighted by atomic mass is 10.1. The number of unbranched alkanes of at least 4 members (excludes halogenated alkanes) is 1. The third-order valence-electron chi connectivity index (χ3n) is 4.05. The van der Waals surface area contributed by atoms with Crippen molar-refractivity contribution in [3.63, 3.8) is 0 Å². The van der Waals surface area contributed by atoms with Crippen molar-refractivity contribution in [2.24, 2.45) is 0 Å². The van der Waals surface area contributed by atoms with Gasteiger partial charge in [-0.15, -0.1) is 0 Å². The zero-order chi connectivity index (χ0) is 17.6. The number of hydrogen-bond donors (Lipinski definition) is 1. The smallest absolute Gasteiger partial charge is 0.385 e. The van der Waals surface area contributed by atoms with Gasteiger partial charge in [-0.25, -0.2) is 0 Å². The van der Waals surface area contributed by atoms with Gasteiger partial charge in [-0.05, 0) is 43.9 Å². The number of methoxy groups -OCH3 is 1. The van der Waals surface area contributed by atoms with Crippen molar-refractivity contribution >= 4 is 17.3 Å². The van der Waals surface area contributed by atoms with E-state index in [0.717, 1.165) is 44.5 Å². The topological polar surface area (TPSA) is 41.6 Å². The molecule has 4 nitrogen and oxygen atoms in total. The number of carbonyl (C=O) groups excluding carboxylic acids is 1. The van der Waals surface area contributed by atoms with Crippen LogP contribution in [0.15, 0.2) is 18.2 Å². The molecule has 134 valence electrons. The van der Waals surface area contributed by atoms with E-state index in [1.807, 2.05) is 4.90 Å². The zero-order valence-corrected chi connectivity index (χ0v) is 13.8. The summed E-state index contributed by atoms with van der Waals surface area (Å²) in [5.41, 5.74) is 0.148. The van der Waals surface area contributed by atoms with Gasteiger partial charge in [0.2, 0.25) is 5.91 Å². The molecule has 1 aliphatic heterocycles. The SMILES string of the molecule is COCCCCC(=O)Nc1cc(C(F)(F)F)ccc1N1CCCC1. The number of rotatable bonds is 7. The Kier molecular flexibility index (Phi) is 6.48. The first-order chi connectivity index (χ1) is 11.4. The van der Waals surface area contributed by atoms with E-state index in [1.54, 1.807) is 7.11 Å². The fraction of sp³-hybridized carbons (Fsp3) is 0.588. The Morgan fingerprint density at radius 1 is 1.25 bits per heavy atom. The lowest BCUT2D eigenvalue weighted by Crippen LogP contribution is -2.22.